The Balaban J connectivity index is 1.55. The third kappa shape index (κ3) is 2.85. The number of hydrogen-bond acceptors (Lipinski definition) is 6. The molecule has 2 aliphatic heterocycles. The van der Waals surface area contributed by atoms with Crippen LogP contribution in [0, 0.1) is 12.7 Å². The summed E-state index contributed by atoms with van der Waals surface area (Å²) in [7, 11) is 1.59. The highest BCUT2D eigenvalue weighted by molar-refractivity contribution is 5.95. The van der Waals surface area contributed by atoms with E-state index < -0.39 is 11.9 Å². The van der Waals surface area contributed by atoms with Crippen molar-refractivity contribution in [2.24, 2.45) is 0 Å². The minimum Gasteiger partial charge on any atom is -0.497 e. The van der Waals surface area contributed by atoms with Gasteiger partial charge in [0.15, 0.2) is 11.6 Å². The molecule has 1 fully saturated rings. The van der Waals surface area contributed by atoms with Crippen LogP contribution in [0.15, 0.2) is 36.5 Å². The molecule has 9 heteroatoms. The Morgan fingerprint density at radius 1 is 1.27 bits per heavy atom. The molecule has 4 heterocycles. The fourth-order valence-corrected chi connectivity index (χ4v) is 4.13. The highest BCUT2D eigenvalue weighted by atomic mass is 19.1. The summed E-state index contributed by atoms with van der Waals surface area (Å²) in [5, 5.41) is 8.67. The number of fused-ring (bicyclic) bond motifs is 4. The van der Waals surface area contributed by atoms with Crippen LogP contribution in [0.1, 0.15) is 27.8 Å². The summed E-state index contributed by atoms with van der Waals surface area (Å²) in [5.74, 6) is 1.03. The van der Waals surface area contributed by atoms with Crippen LogP contribution < -0.4 is 4.74 Å². The molecular formula is C21H20FN5O3. The van der Waals surface area contributed by atoms with Gasteiger partial charge >= 0.3 is 0 Å². The fraction of sp³-hybridized carbons (Fsp3) is 0.333. The number of carbonyl (C=O) groups is 1. The zero-order valence-corrected chi connectivity index (χ0v) is 16.6. The summed E-state index contributed by atoms with van der Waals surface area (Å²) < 4.78 is 27.6. The third-order valence-corrected chi connectivity index (χ3v) is 5.64. The summed E-state index contributed by atoms with van der Waals surface area (Å²) in [4.78, 5) is 19.4. The number of pyridine rings is 1. The Hall–Kier alpha value is -3.33. The Labute approximate surface area is 172 Å². The van der Waals surface area contributed by atoms with Gasteiger partial charge in [0.2, 0.25) is 0 Å². The first-order valence-electron chi connectivity index (χ1n) is 9.67. The number of nitrogens with zero attached hydrogens (tertiary/aromatic N) is 5. The Morgan fingerprint density at radius 3 is 2.97 bits per heavy atom. The van der Waals surface area contributed by atoms with E-state index in [0.29, 0.717) is 41.8 Å². The van der Waals surface area contributed by atoms with Gasteiger partial charge in [-0.1, -0.05) is 12.1 Å². The molecule has 5 rings (SSSR count). The van der Waals surface area contributed by atoms with Gasteiger partial charge in [-0.15, -0.1) is 10.2 Å². The molecule has 2 bridgehead atoms. The van der Waals surface area contributed by atoms with Crippen LogP contribution in [0.2, 0.25) is 0 Å². The summed E-state index contributed by atoms with van der Waals surface area (Å²) in [5.41, 5.74) is 1.14. The van der Waals surface area contributed by atoms with E-state index in [1.54, 1.807) is 49.4 Å². The Kier molecular flexibility index (Phi) is 4.47. The van der Waals surface area contributed by atoms with Crippen molar-refractivity contribution in [1.29, 1.82) is 0 Å². The molecule has 2 atom stereocenters. The number of aromatic nitrogens is 4. The summed E-state index contributed by atoms with van der Waals surface area (Å²) in [6, 6.07) is 7.71. The van der Waals surface area contributed by atoms with Crippen molar-refractivity contribution < 1.29 is 18.7 Å². The zero-order valence-electron chi connectivity index (χ0n) is 16.6. The van der Waals surface area contributed by atoms with Crippen molar-refractivity contribution in [1.82, 2.24) is 24.6 Å². The van der Waals surface area contributed by atoms with Crippen LogP contribution in [0.25, 0.3) is 11.5 Å². The lowest BCUT2D eigenvalue weighted by Crippen LogP contribution is -2.56. The largest absolute Gasteiger partial charge is 0.497 e. The first-order chi connectivity index (χ1) is 14.6. The van der Waals surface area contributed by atoms with Gasteiger partial charge in [0.1, 0.15) is 23.3 Å². The van der Waals surface area contributed by atoms with Gasteiger partial charge in [-0.25, -0.2) is 4.39 Å². The molecule has 0 saturated carbocycles. The predicted molar refractivity (Wildman–Crippen MR) is 104 cm³/mol. The smallest absolute Gasteiger partial charge is 0.257 e. The molecule has 0 spiro atoms. The predicted octanol–water partition coefficient (Wildman–Crippen LogP) is 2.39. The lowest BCUT2D eigenvalue weighted by Gasteiger charge is -2.45. The highest BCUT2D eigenvalue weighted by Gasteiger charge is 2.44. The summed E-state index contributed by atoms with van der Waals surface area (Å²) in [6.07, 6.45) is 1.65. The molecule has 0 unspecified atom stereocenters. The van der Waals surface area contributed by atoms with Gasteiger partial charge in [0.25, 0.3) is 5.91 Å². The second kappa shape index (κ2) is 7.17. The molecular weight excluding hydrogens is 389 g/mol. The lowest BCUT2D eigenvalue weighted by atomic mass is 10.0. The molecule has 1 aromatic carbocycles. The molecule has 0 aliphatic carbocycles. The third-order valence-electron chi connectivity index (χ3n) is 5.64. The number of rotatable bonds is 3. The number of ether oxygens (including phenoxy) is 2. The van der Waals surface area contributed by atoms with E-state index in [4.69, 9.17) is 9.47 Å². The maximum atomic E-state index is 14.6. The average molecular weight is 409 g/mol. The van der Waals surface area contributed by atoms with Gasteiger partial charge in [0, 0.05) is 18.8 Å². The van der Waals surface area contributed by atoms with Crippen LogP contribution in [-0.2, 0) is 11.3 Å². The van der Waals surface area contributed by atoms with Crippen molar-refractivity contribution in [3.8, 4) is 17.3 Å². The van der Waals surface area contributed by atoms with Crippen molar-refractivity contribution in [3.63, 3.8) is 0 Å². The Morgan fingerprint density at radius 2 is 2.13 bits per heavy atom. The first-order valence-corrected chi connectivity index (χ1v) is 9.67. The molecule has 0 radical (unpaired) electrons. The van der Waals surface area contributed by atoms with E-state index in [-0.39, 0.29) is 24.1 Å². The van der Waals surface area contributed by atoms with Crippen molar-refractivity contribution in [2.75, 3.05) is 20.3 Å². The van der Waals surface area contributed by atoms with E-state index in [9.17, 15) is 9.18 Å². The van der Waals surface area contributed by atoms with Crippen LogP contribution >= 0.6 is 0 Å². The van der Waals surface area contributed by atoms with E-state index in [2.05, 4.69) is 15.2 Å². The Bertz CT molecular complexity index is 1130. The number of aryl methyl sites for hydroxylation is 1. The van der Waals surface area contributed by atoms with Crippen LogP contribution in [0.5, 0.6) is 5.75 Å². The molecule has 0 N–H and O–H groups in total. The van der Waals surface area contributed by atoms with Gasteiger partial charge in [0.05, 0.1) is 31.9 Å². The SMILES string of the molecule is COc1ccnc(-c2nnc3n2C[C@@H]2COC[C@H]3N2C(=O)c2cccc(C)c2F)c1. The van der Waals surface area contributed by atoms with Crippen LogP contribution in [-0.4, -0.2) is 56.9 Å². The van der Waals surface area contributed by atoms with Crippen LogP contribution in [0.3, 0.4) is 0 Å². The van der Waals surface area contributed by atoms with Crippen molar-refractivity contribution in [3.05, 3.63) is 59.3 Å². The number of halogens is 1. The maximum Gasteiger partial charge on any atom is 0.257 e. The number of hydrogen-bond donors (Lipinski definition) is 0. The molecule has 30 heavy (non-hydrogen) atoms. The van der Waals surface area contributed by atoms with E-state index in [1.165, 1.54) is 6.07 Å². The van der Waals surface area contributed by atoms with Gasteiger partial charge in [-0.05, 0) is 24.6 Å². The maximum absolute atomic E-state index is 14.6. The topological polar surface area (TPSA) is 82.4 Å². The van der Waals surface area contributed by atoms with Gasteiger partial charge in [-0.3, -0.25) is 9.78 Å². The fourth-order valence-electron chi connectivity index (χ4n) is 4.13. The molecule has 8 nitrogen and oxygen atoms in total. The number of carbonyl (C=O) groups excluding carboxylic acids is 1. The molecule has 1 saturated heterocycles. The summed E-state index contributed by atoms with van der Waals surface area (Å²) in [6.45, 7) is 2.72. The van der Waals surface area contributed by atoms with Gasteiger partial charge in [-0.2, -0.15) is 0 Å². The molecule has 154 valence electrons. The number of benzene rings is 1. The number of amides is 1. The zero-order chi connectivity index (χ0) is 20.8. The monoisotopic (exact) mass is 409 g/mol. The normalized spacial score (nSPS) is 20.0. The second-order valence-electron chi connectivity index (χ2n) is 7.43. The van der Waals surface area contributed by atoms with E-state index >= 15 is 0 Å². The van der Waals surface area contributed by atoms with E-state index in [1.807, 2.05) is 4.57 Å². The minimum absolute atomic E-state index is 0.0644. The quantitative estimate of drug-likeness (QED) is 0.661. The van der Waals surface area contributed by atoms with E-state index in [0.717, 1.165) is 0 Å². The highest BCUT2D eigenvalue weighted by Crippen LogP contribution is 2.36. The second-order valence-corrected chi connectivity index (χ2v) is 7.43. The molecule has 1 amide bonds. The lowest BCUT2D eigenvalue weighted by molar-refractivity contribution is -0.0571. The van der Waals surface area contributed by atoms with Crippen LogP contribution in [0.4, 0.5) is 4.39 Å². The molecule has 2 aliphatic rings. The molecule has 3 aromatic rings. The average Bonchev–Trinajstić information content (AvgIpc) is 3.18. The molecule has 2 aromatic heterocycles. The first kappa shape index (κ1) is 18.7. The summed E-state index contributed by atoms with van der Waals surface area (Å²) >= 11 is 0. The van der Waals surface area contributed by atoms with Crippen molar-refractivity contribution in [2.45, 2.75) is 25.6 Å². The standard InChI is InChI=1S/C21H20FN5O3/c1-12-4-3-5-15(18(12)22)21(28)27-13-9-26-19(16-8-14(29-2)6-7-23-16)24-25-20(26)17(27)11-30-10-13/h3-8,13,17H,9-11H2,1-2H3/t13-,17-/m1/s1. The minimum atomic E-state index is -0.491. The van der Waals surface area contributed by atoms with Crippen molar-refractivity contribution >= 4 is 5.91 Å². The number of morpholine rings is 1. The van der Waals surface area contributed by atoms with Gasteiger partial charge < -0.3 is 18.9 Å². The number of methoxy groups -OCH3 is 1.